The molecule has 1 aromatic heterocycles. The fourth-order valence-electron chi connectivity index (χ4n) is 0.599. The molecule has 54 valence electrons. The molecule has 0 unspecified atom stereocenters. The third-order valence-corrected chi connectivity index (χ3v) is 3.38. The van der Waals surface area contributed by atoms with E-state index in [0.717, 1.165) is 3.57 Å². The van der Waals surface area contributed by atoms with E-state index in [1.807, 2.05) is 12.3 Å². The van der Waals surface area contributed by atoms with Crippen LogP contribution in [0.25, 0.3) is 0 Å². The minimum Gasteiger partial charge on any atom is -0.383 e. The molecule has 1 aromatic rings. The maximum absolute atomic E-state index is 5.56. The molecular formula is C6H7IN2S. The Morgan fingerprint density at radius 2 is 2.40 bits per heavy atom. The first-order chi connectivity index (χ1) is 4.75. The quantitative estimate of drug-likeness (QED) is 0.624. The van der Waals surface area contributed by atoms with E-state index in [-0.39, 0.29) is 0 Å². The molecule has 1 rings (SSSR count). The molecule has 0 radical (unpaired) electrons. The lowest BCUT2D eigenvalue weighted by atomic mass is 10.5. The molecule has 0 amide bonds. The molecule has 2 nitrogen and oxygen atoms in total. The average molecular weight is 266 g/mol. The summed E-state index contributed by atoms with van der Waals surface area (Å²) in [5.74, 6) is 0.618. The van der Waals surface area contributed by atoms with Gasteiger partial charge in [-0.2, -0.15) is 0 Å². The van der Waals surface area contributed by atoms with Crippen LogP contribution in [0, 0.1) is 3.57 Å². The van der Waals surface area contributed by atoms with Crippen molar-refractivity contribution in [3.63, 3.8) is 0 Å². The lowest BCUT2D eigenvalue weighted by Gasteiger charge is -2.00. The number of nitrogens with two attached hydrogens (primary N) is 1. The second kappa shape index (κ2) is 3.43. The number of pyridine rings is 1. The summed E-state index contributed by atoms with van der Waals surface area (Å²) in [5, 5.41) is 0. The van der Waals surface area contributed by atoms with E-state index in [1.54, 1.807) is 18.0 Å². The van der Waals surface area contributed by atoms with Gasteiger partial charge in [-0.05, 0) is 34.9 Å². The minimum atomic E-state index is 0.618. The Morgan fingerprint density at radius 1 is 1.70 bits per heavy atom. The van der Waals surface area contributed by atoms with Crippen LogP contribution in [0.3, 0.4) is 0 Å². The number of nitrogens with zero attached hydrogens (tertiary/aromatic N) is 1. The van der Waals surface area contributed by atoms with Crippen LogP contribution >= 0.6 is 34.4 Å². The summed E-state index contributed by atoms with van der Waals surface area (Å²) in [6, 6.07) is 1.96. The average Bonchev–Trinajstić information content (AvgIpc) is 1.95. The lowest BCUT2D eigenvalue weighted by Crippen LogP contribution is -1.93. The van der Waals surface area contributed by atoms with Crippen LogP contribution in [0.1, 0.15) is 0 Å². The van der Waals surface area contributed by atoms with Crippen molar-refractivity contribution >= 4 is 40.2 Å². The van der Waals surface area contributed by atoms with E-state index < -0.39 is 0 Å². The number of rotatable bonds is 1. The second-order valence-corrected chi connectivity index (χ2v) is 3.64. The van der Waals surface area contributed by atoms with Crippen molar-refractivity contribution in [2.24, 2.45) is 0 Å². The predicted octanol–water partition coefficient (Wildman–Crippen LogP) is 1.99. The van der Waals surface area contributed by atoms with Gasteiger partial charge in [0.2, 0.25) is 0 Å². The Kier molecular flexibility index (Phi) is 2.79. The zero-order valence-electron chi connectivity index (χ0n) is 5.47. The lowest BCUT2D eigenvalue weighted by molar-refractivity contribution is 1.24. The molecule has 0 aliphatic carbocycles. The molecule has 10 heavy (non-hydrogen) atoms. The topological polar surface area (TPSA) is 38.9 Å². The molecule has 0 saturated carbocycles. The Morgan fingerprint density at radius 3 is 2.90 bits per heavy atom. The van der Waals surface area contributed by atoms with E-state index >= 15 is 0 Å². The van der Waals surface area contributed by atoms with Gasteiger partial charge in [0.15, 0.2) is 0 Å². The highest BCUT2D eigenvalue weighted by Crippen LogP contribution is 2.24. The summed E-state index contributed by atoms with van der Waals surface area (Å²) in [4.78, 5) is 5.13. The number of hydrogen-bond acceptors (Lipinski definition) is 3. The zero-order chi connectivity index (χ0) is 7.56. The molecule has 0 aliphatic rings. The number of anilines is 1. The summed E-state index contributed by atoms with van der Waals surface area (Å²) in [5.41, 5.74) is 5.56. The fraction of sp³-hybridized carbons (Fsp3) is 0.167. The predicted molar refractivity (Wildman–Crippen MR) is 53.1 cm³/mol. The Balaban J connectivity index is 3.14. The maximum atomic E-state index is 5.56. The molecule has 4 heteroatoms. The van der Waals surface area contributed by atoms with Crippen LogP contribution in [-0.4, -0.2) is 11.2 Å². The first-order valence-corrected chi connectivity index (χ1v) is 5.00. The highest BCUT2D eigenvalue weighted by atomic mass is 127. The zero-order valence-corrected chi connectivity index (χ0v) is 8.44. The van der Waals surface area contributed by atoms with Gasteiger partial charge in [0.1, 0.15) is 5.82 Å². The Hall–Kier alpha value is 0.0300. The Bertz CT molecular complexity index is 239. The number of nitrogen functional groups attached to an aromatic ring is 1. The van der Waals surface area contributed by atoms with E-state index in [4.69, 9.17) is 5.73 Å². The molecule has 0 fully saturated rings. The van der Waals surface area contributed by atoms with E-state index in [2.05, 4.69) is 27.6 Å². The maximum Gasteiger partial charge on any atom is 0.137 e. The number of hydrogen-bond donors (Lipinski definition) is 1. The van der Waals surface area contributed by atoms with Crippen LogP contribution in [0.5, 0.6) is 0 Å². The van der Waals surface area contributed by atoms with Gasteiger partial charge in [0.05, 0.1) is 3.57 Å². The third kappa shape index (κ3) is 1.54. The number of thioether (sulfide) groups is 1. The summed E-state index contributed by atoms with van der Waals surface area (Å²) in [6.45, 7) is 0. The van der Waals surface area contributed by atoms with Crippen molar-refractivity contribution in [3.8, 4) is 0 Å². The van der Waals surface area contributed by atoms with Crippen molar-refractivity contribution in [1.82, 2.24) is 4.98 Å². The van der Waals surface area contributed by atoms with Gasteiger partial charge in [-0.1, -0.05) is 0 Å². The van der Waals surface area contributed by atoms with Crippen LogP contribution in [-0.2, 0) is 0 Å². The van der Waals surface area contributed by atoms with E-state index in [1.165, 1.54) is 4.90 Å². The van der Waals surface area contributed by atoms with Crippen molar-refractivity contribution < 1.29 is 0 Å². The van der Waals surface area contributed by atoms with Gasteiger partial charge in [-0.25, -0.2) is 4.98 Å². The van der Waals surface area contributed by atoms with Gasteiger partial charge in [-0.15, -0.1) is 11.8 Å². The second-order valence-electron chi connectivity index (χ2n) is 1.71. The SMILES string of the molecule is CSc1ccnc(N)c1I. The number of halogens is 1. The molecule has 0 spiro atoms. The molecule has 0 aromatic carbocycles. The summed E-state index contributed by atoms with van der Waals surface area (Å²) >= 11 is 3.88. The third-order valence-electron chi connectivity index (χ3n) is 1.10. The smallest absolute Gasteiger partial charge is 0.137 e. The van der Waals surface area contributed by atoms with Crippen molar-refractivity contribution in [2.75, 3.05) is 12.0 Å². The fourth-order valence-corrected chi connectivity index (χ4v) is 2.06. The first kappa shape index (κ1) is 8.13. The van der Waals surface area contributed by atoms with Gasteiger partial charge < -0.3 is 5.73 Å². The normalized spacial score (nSPS) is 9.80. The summed E-state index contributed by atoms with van der Waals surface area (Å²) < 4.78 is 1.05. The minimum absolute atomic E-state index is 0.618. The van der Waals surface area contributed by atoms with Gasteiger partial charge in [0, 0.05) is 11.1 Å². The van der Waals surface area contributed by atoms with Crippen molar-refractivity contribution in [1.29, 1.82) is 0 Å². The number of aromatic nitrogens is 1. The van der Waals surface area contributed by atoms with Gasteiger partial charge >= 0.3 is 0 Å². The van der Waals surface area contributed by atoms with Crippen LogP contribution in [0.4, 0.5) is 5.82 Å². The molecule has 0 atom stereocenters. The van der Waals surface area contributed by atoms with Crippen LogP contribution < -0.4 is 5.73 Å². The van der Waals surface area contributed by atoms with E-state index in [0.29, 0.717) is 5.82 Å². The van der Waals surface area contributed by atoms with E-state index in [9.17, 15) is 0 Å². The standard InChI is InChI=1S/C6H7IN2S/c1-10-4-2-3-9-6(8)5(4)7/h2-3H,1H3,(H2,8,9). The Labute approximate surface area is 77.7 Å². The van der Waals surface area contributed by atoms with Crippen molar-refractivity contribution in [3.05, 3.63) is 15.8 Å². The molecule has 1 heterocycles. The highest BCUT2D eigenvalue weighted by molar-refractivity contribution is 14.1. The molecule has 2 N–H and O–H groups in total. The van der Waals surface area contributed by atoms with Crippen LogP contribution in [0.15, 0.2) is 17.2 Å². The molecule has 0 bridgehead atoms. The highest BCUT2D eigenvalue weighted by Gasteiger charge is 2.00. The van der Waals surface area contributed by atoms with Crippen LogP contribution in [0.2, 0.25) is 0 Å². The molecule has 0 aliphatic heterocycles. The molecular weight excluding hydrogens is 259 g/mol. The van der Waals surface area contributed by atoms with Gasteiger partial charge in [-0.3, -0.25) is 0 Å². The van der Waals surface area contributed by atoms with Crippen molar-refractivity contribution in [2.45, 2.75) is 4.90 Å². The molecule has 0 saturated heterocycles. The largest absolute Gasteiger partial charge is 0.383 e. The van der Waals surface area contributed by atoms with Gasteiger partial charge in [0.25, 0.3) is 0 Å². The first-order valence-electron chi connectivity index (χ1n) is 2.69. The monoisotopic (exact) mass is 266 g/mol. The summed E-state index contributed by atoms with van der Waals surface area (Å²) in [6.07, 6.45) is 3.75. The summed E-state index contributed by atoms with van der Waals surface area (Å²) in [7, 11) is 0.